The van der Waals surface area contributed by atoms with Crippen molar-refractivity contribution in [1.29, 1.82) is 0 Å². The number of carbonyl (C=O) groups excluding carboxylic acids is 1. The van der Waals surface area contributed by atoms with Crippen LogP contribution in [0.4, 0.5) is 20.3 Å². The molecule has 0 radical (unpaired) electrons. The lowest BCUT2D eigenvalue weighted by Crippen LogP contribution is -2.17. The molecular formula is C30H28F2N6O2. The van der Waals surface area contributed by atoms with Crippen molar-refractivity contribution in [2.75, 3.05) is 17.7 Å². The number of aromatic nitrogens is 3. The Hall–Kier alpha value is -4.99. The number of aromatic amines is 1. The van der Waals surface area contributed by atoms with E-state index in [-0.39, 0.29) is 22.6 Å². The fourth-order valence-corrected chi connectivity index (χ4v) is 4.72. The Morgan fingerprint density at radius 3 is 2.70 bits per heavy atom. The summed E-state index contributed by atoms with van der Waals surface area (Å²) in [6, 6.07) is 14.2. The van der Waals surface area contributed by atoms with Crippen molar-refractivity contribution in [2.24, 2.45) is 5.73 Å². The van der Waals surface area contributed by atoms with Crippen LogP contribution in [0.5, 0.6) is 5.75 Å². The van der Waals surface area contributed by atoms with Crippen molar-refractivity contribution in [1.82, 2.24) is 15.0 Å². The zero-order chi connectivity index (χ0) is 28.4. The predicted molar refractivity (Wildman–Crippen MR) is 151 cm³/mol. The van der Waals surface area contributed by atoms with E-state index in [2.05, 4.69) is 20.3 Å². The van der Waals surface area contributed by atoms with E-state index in [0.29, 0.717) is 35.9 Å². The minimum absolute atomic E-state index is 0.133. The normalized spacial score (nSPS) is 11.9. The van der Waals surface area contributed by atoms with Crippen LogP contribution in [0.2, 0.25) is 0 Å². The van der Waals surface area contributed by atoms with Gasteiger partial charge in [-0.3, -0.25) is 4.79 Å². The highest BCUT2D eigenvalue weighted by molar-refractivity contribution is 5.99. The number of amides is 1. The third-order valence-electron chi connectivity index (χ3n) is 6.66. The number of benzene rings is 3. The standard InChI is InChI=1S/C30H28F2N6O2/c1-3-16-12-21(26(32)24(13-16)40-4-2)27(37-18-8-9-19-17(14-18)10-11-35-28(19)33)30-36-15-23(38-30)20-6-5-7-22(31)25(20)29(34)39/h5-15,27,37H,3-4H2,1-2H3,(H2,33,35)(H2,34,39)(H,36,38). The number of nitrogens with one attached hydrogen (secondary N) is 2. The number of rotatable bonds is 9. The zero-order valence-electron chi connectivity index (χ0n) is 22.0. The molecule has 5 aromatic rings. The maximum absolute atomic E-state index is 15.9. The van der Waals surface area contributed by atoms with Gasteiger partial charge in [-0.1, -0.05) is 25.1 Å². The van der Waals surface area contributed by atoms with Crippen molar-refractivity contribution in [3.63, 3.8) is 0 Å². The molecule has 204 valence electrons. The van der Waals surface area contributed by atoms with E-state index in [9.17, 15) is 9.18 Å². The molecule has 0 aliphatic rings. The van der Waals surface area contributed by atoms with E-state index in [1.54, 1.807) is 31.3 Å². The molecule has 1 amide bonds. The van der Waals surface area contributed by atoms with Crippen molar-refractivity contribution in [3.8, 4) is 17.0 Å². The molecule has 3 aromatic carbocycles. The first-order valence-electron chi connectivity index (χ1n) is 12.8. The highest BCUT2D eigenvalue weighted by Gasteiger charge is 2.26. The molecule has 2 aromatic heterocycles. The van der Waals surface area contributed by atoms with Crippen molar-refractivity contribution >= 4 is 28.2 Å². The number of anilines is 2. The third kappa shape index (κ3) is 5.03. The number of nitrogen functional groups attached to an aromatic ring is 1. The van der Waals surface area contributed by atoms with Crippen LogP contribution in [0.15, 0.2) is 67.0 Å². The minimum Gasteiger partial charge on any atom is -0.491 e. The van der Waals surface area contributed by atoms with Gasteiger partial charge in [0.25, 0.3) is 5.91 Å². The van der Waals surface area contributed by atoms with Crippen LogP contribution in [-0.4, -0.2) is 27.5 Å². The number of fused-ring (bicyclic) bond motifs is 1. The number of nitrogens with zero attached hydrogens (tertiary/aromatic N) is 2. The maximum Gasteiger partial charge on any atom is 0.252 e. The van der Waals surface area contributed by atoms with Gasteiger partial charge in [-0.15, -0.1) is 0 Å². The molecule has 10 heteroatoms. The van der Waals surface area contributed by atoms with E-state index >= 15 is 4.39 Å². The van der Waals surface area contributed by atoms with Crippen molar-refractivity contribution < 1.29 is 18.3 Å². The SMILES string of the molecule is CCOc1cc(CC)cc(C(Nc2ccc3c(N)nccc3c2)c2nc(-c3cccc(F)c3C(N)=O)c[nH]2)c1F. The lowest BCUT2D eigenvalue weighted by molar-refractivity contribution is 0.0997. The minimum atomic E-state index is -0.916. The second kappa shape index (κ2) is 11.0. The Labute approximate surface area is 229 Å². The summed E-state index contributed by atoms with van der Waals surface area (Å²) in [7, 11) is 0. The molecule has 0 fully saturated rings. The summed E-state index contributed by atoms with van der Waals surface area (Å²) in [6.07, 6.45) is 3.80. The van der Waals surface area contributed by atoms with Gasteiger partial charge in [-0.05, 0) is 60.7 Å². The Morgan fingerprint density at radius 1 is 1.12 bits per heavy atom. The first-order valence-corrected chi connectivity index (χ1v) is 12.8. The number of nitrogens with two attached hydrogens (primary N) is 2. The van der Waals surface area contributed by atoms with Crippen LogP contribution in [0.3, 0.4) is 0 Å². The van der Waals surface area contributed by atoms with E-state index in [1.165, 1.54) is 12.3 Å². The third-order valence-corrected chi connectivity index (χ3v) is 6.66. The van der Waals surface area contributed by atoms with E-state index in [4.69, 9.17) is 16.2 Å². The summed E-state index contributed by atoms with van der Waals surface area (Å²) in [4.78, 5) is 23.9. The summed E-state index contributed by atoms with van der Waals surface area (Å²) in [5.74, 6) is -1.34. The van der Waals surface area contributed by atoms with Crippen LogP contribution in [0.25, 0.3) is 22.0 Å². The predicted octanol–water partition coefficient (Wildman–Crippen LogP) is 5.75. The molecule has 6 N–H and O–H groups in total. The van der Waals surface area contributed by atoms with Crippen molar-refractivity contribution in [3.05, 3.63) is 101 Å². The molecule has 0 aliphatic carbocycles. The van der Waals surface area contributed by atoms with Gasteiger partial charge >= 0.3 is 0 Å². The topological polar surface area (TPSA) is 132 Å². The molecule has 0 bridgehead atoms. The first kappa shape index (κ1) is 26.6. The molecule has 40 heavy (non-hydrogen) atoms. The number of pyridine rings is 1. The Morgan fingerprint density at radius 2 is 1.95 bits per heavy atom. The van der Waals surface area contributed by atoms with Gasteiger partial charge in [-0.25, -0.2) is 18.7 Å². The van der Waals surface area contributed by atoms with Gasteiger partial charge < -0.3 is 26.5 Å². The van der Waals surface area contributed by atoms with Gasteiger partial charge in [0.1, 0.15) is 23.5 Å². The summed E-state index contributed by atoms with van der Waals surface area (Å²) < 4.78 is 36.0. The lowest BCUT2D eigenvalue weighted by Gasteiger charge is -2.22. The largest absolute Gasteiger partial charge is 0.491 e. The van der Waals surface area contributed by atoms with Crippen LogP contribution >= 0.6 is 0 Å². The first-order chi connectivity index (χ1) is 19.3. The van der Waals surface area contributed by atoms with E-state index in [1.807, 2.05) is 31.2 Å². The molecule has 0 saturated carbocycles. The van der Waals surface area contributed by atoms with Crippen LogP contribution in [0, 0.1) is 11.6 Å². The summed E-state index contributed by atoms with van der Waals surface area (Å²) in [6.45, 7) is 4.05. The lowest BCUT2D eigenvalue weighted by atomic mass is 9.99. The number of hydrogen-bond acceptors (Lipinski definition) is 6. The van der Waals surface area contributed by atoms with Gasteiger partial charge in [-0.2, -0.15) is 0 Å². The monoisotopic (exact) mass is 542 g/mol. The molecule has 5 rings (SSSR count). The number of H-pyrrole nitrogens is 1. The maximum atomic E-state index is 15.9. The molecular weight excluding hydrogens is 514 g/mol. The summed E-state index contributed by atoms with van der Waals surface area (Å²) in [5.41, 5.74) is 13.5. The second-order valence-corrected chi connectivity index (χ2v) is 9.19. The summed E-state index contributed by atoms with van der Waals surface area (Å²) >= 11 is 0. The zero-order valence-corrected chi connectivity index (χ0v) is 22.0. The molecule has 8 nitrogen and oxygen atoms in total. The van der Waals surface area contributed by atoms with E-state index < -0.39 is 23.6 Å². The molecule has 0 spiro atoms. The van der Waals surface area contributed by atoms with Gasteiger partial charge in [0.05, 0.1) is 17.9 Å². The Kier molecular flexibility index (Phi) is 7.33. The molecule has 0 aliphatic heterocycles. The Bertz CT molecular complexity index is 1720. The Balaban J connectivity index is 1.66. The second-order valence-electron chi connectivity index (χ2n) is 9.19. The van der Waals surface area contributed by atoms with Crippen LogP contribution < -0.4 is 21.5 Å². The van der Waals surface area contributed by atoms with Gasteiger partial charge in [0.15, 0.2) is 11.6 Å². The van der Waals surface area contributed by atoms with Crippen LogP contribution in [0.1, 0.15) is 47.2 Å². The number of imidazole rings is 1. The smallest absolute Gasteiger partial charge is 0.252 e. The highest BCUT2D eigenvalue weighted by atomic mass is 19.1. The summed E-state index contributed by atoms with van der Waals surface area (Å²) in [5, 5.41) is 5.01. The average molecular weight is 543 g/mol. The number of halogens is 2. The quantitative estimate of drug-likeness (QED) is 0.188. The fraction of sp³-hybridized carbons (Fsp3) is 0.167. The molecule has 1 atom stereocenters. The molecule has 2 heterocycles. The number of ether oxygens (including phenoxy) is 1. The molecule has 0 saturated heterocycles. The number of hydrogen-bond donors (Lipinski definition) is 4. The fourth-order valence-electron chi connectivity index (χ4n) is 4.72. The van der Waals surface area contributed by atoms with Gasteiger partial charge in [0, 0.05) is 34.6 Å². The number of aryl methyl sites for hydroxylation is 1. The highest BCUT2D eigenvalue weighted by Crippen LogP contribution is 2.35. The number of primary amides is 1. The van der Waals surface area contributed by atoms with E-state index in [0.717, 1.165) is 22.4 Å². The van der Waals surface area contributed by atoms with Crippen LogP contribution in [-0.2, 0) is 6.42 Å². The van der Waals surface area contributed by atoms with Crippen molar-refractivity contribution in [2.45, 2.75) is 26.3 Å². The average Bonchev–Trinajstić information content (AvgIpc) is 3.43. The molecule has 1 unspecified atom stereocenters. The van der Waals surface area contributed by atoms with Gasteiger partial charge in [0.2, 0.25) is 0 Å². The number of carbonyl (C=O) groups is 1.